The average molecular weight is 320 g/mol. The van der Waals surface area contributed by atoms with Crippen LogP contribution in [-0.2, 0) is 9.47 Å². The summed E-state index contributed by atoms with van der Waals surface area (Å²) in [5.41, 5.74) is 0.678. The largest absolute Gasteiger partial charge is 0.497 e. The number of methoxy groups -OCH3 is 3. The molecule has 1 aromatic carbocycles. The van der Waals surface area contributed by atoms with Gasteiger partial charge in [-0.2, -0.15) is 0 Å². The number of benzene rings is 1. The second-order valence-corrected chi connectivity index (χ2v) is 6.05. The van der Waals surface area contributed by atoms with Gasteiger partial charge in [-0.1, -0.05) is 0 Å². The Hall–Kier alpha value is -1.92. The summed E-state index contributed by atoms with van der Waals surface area (Å²) in [6, 6.07) is 3.22. The maximum atomic E-state index is 13.0. The van der Waals surface area contributed by atoms with Crippen LogP contribution >= 0.6 is 0 Å². The molecule has 124 valence electrons. The molecule has 1 aliphatic carbocycles. The first-order chi connectivity index (χ1) is 10.9. The molecule has 0 bridgehead atoms. The van der Waals surface area contributed by atoms with E-state index in [1.54, 1.807) is 19.1 Å². The number of fused-ring (bicyclic) bond motifs is 2. The first-order valence-corrected chi connectivity index (χ1v) is 7.47. The summed E-state index contributed by atoms with van der Waals surface area (Å²) in [6.45, 7) is 1.94. The van der Waals surface area contributed by atoms with Crippen LogP contribution in [-0.4, -0.2) is 45.3 Å². The molecular weight excluding hydrogens is 300 g/mol. The molecule has 0 radical (unpaired) electrons. The van der Waals surface area contributed by atoms with Crippen molar-refractivity contribution in [1.82, 2.24) is 0 Å². The lowest BCUT2D eigenvalue weighted by Crippen LogP contribution is -2.50. The van der Waals surface area contributed by atoms with Gasteiger partial charge in [0.25, 0.3) is 0 Å². The Morgan fingerprint density at radius 1 is 1.09 bits per heavy atom. The van der Waals surface area contributed by atoms with Crippen molar-refractivity contribution in [3.05, 3.63) is 23.3 Å². The van der Waals surface area contributed by atoms with Crippen LogP contribution in [0.15, 0.2) is 12.1 Å². The standard InChI is InChI=1S/C17H20O6/c1-17(22-4)7-11-12(8-23-17)16(19)14-10(15(11)18)5-9(20-2)6-13(14)21-3/h5-6,11-12H,7-8H2,1-4H3. The second kappa shape index (κ2) is 5.62. The number of Topliss-reactive ketones (excluding diaryl/α,β-unsaturated/α-hetero) is 2. The molecule has 6 nitrogen and oxygen atoms in total. The third-order valence-electron chi connectivity index (χ3n) is 4.79. The first-order valence-electron chi connectivity index (χ1n) is 7.47. The van der Waals surface area contributed by atoms with Gasteiger partial charge in [0.1, 0.15) is 11.5 Å². The van der Waals surface area contributed by atoms with E-state index in [9.17, 15) is 9.59 Å². The molecule has 0 N–H and O–H groups in total. The third-order valence-corrected chi connectivity index (χ3v) is 4.79. The van der Waals surface area contributed by atoms with Crippen molar-refractivity contribution in [3.63, 3.8) is 0 Å². The highest BCUT2D eigenvalue weighted by Crippen LogP contribution is 2.44. The van der Waals surface area contributed by atoms with Crippen molar-refractivity contribution in [2.24, 2.45) is 11.8 Å². The van der Waals surface area contributed by atoms with Crippen molar-refractivity contribution in [2.75, 3.05) is 27.9 Å². The highest BCUT2D eigenvalue weighted by atomic mass is 16.7. The van der Waals surface area contributed by atoms with E-state index in [1.165, 1.54) is 21.3 Å². The molecule has 3 unspecified atom stereocenters. The van der Waals surface area contributed by atoms with Gasteiger partial charge in [0.2, 0.25) is 0 Å². The number of ketones is 2. The van der Waals surface area contributed by atoms with Gasteiger partial charge in [-0.3, -0.25) is 9.59 Å². The molecule has 1 heterocycles. The fraction of sp³-hybridized carbons (Fsp3) is 0.529. The second-order valence-electron chi connectivity index (χ2n) is 6.05. The average Bonchev–Trinajstić information content (AvgIpc) is 2.58. The van der Waals surface area contributed by atoms with E-state index in [0.717, 1.165) is 0 Å². The van der Waals surface area contributed by atoms with E-state index in [-0.39, 0.29) is 18.2 Å². The smallest absolute Gasteiger partial charge is 0.173 e. The number of hydrogen-bond donors (Lipinski definition) is 0. The van der Waals surface area contributed by atoms with Gasteiger partial charge in [-0.05, 0) is 13.0 Å². The van der Waals surface area contributed by atoms with E-state index in [2.05, 4.69) is 0 Å². The van der Waals surface area contributed by atoms with Crippen LogP contribution in [0.5, 0.6) is 11.5 Å². The predicted octanol–water partition coefficient (Wildman–Crippen LogP) is 2.10. The zero-order chi connectivity index (χ0) is 16.8. The van der Waals surface area contributed by atoms with Gasteiger partial charge in [0, 0.05) is 31.1 Å². The van der Waals surface area contributed by atoms with Crippen molar-refractivity contribution < 1.29 is 28.5 Å². The fourth-order valence-electron chi connectivity index (χ4n) is 3.36. The zero-order valence-corrected chi connectivity index (χ0v) is 13.7. The van der Waals surface area contributed by atoms with Gasteiger partial charge >= 0.3 is 0 Å². The number of hydrogen-bond acceptors (Lipinski definition) is 6. The molecule has 1 saturated heterocycles. The molecule has 0 spiro atoms. The topological polar surface area (TPSA) is 71.1 Å². The Kier molecular flexibility index (Phi) is 3.90. The molecular formula is C17H20O6. The summed E-state index contributed by atoms with van der Waals surface area (Å²) in [4.78, 5) is 25.8. The maximum Gasteiger partial charge on any atom is 0.173 e. The SMILES string of the molecule is COc1cc(OC)c2c(c1)C(=O)C1CC(C)(OC)OCC1C2=O. The van der Waals surface area contributed by atoms with Crippen LogP contribution in [0.3, 0.4) is 0 Å². The lowest BCUT2D eigenvalue weighted by molar-refractivity contribution is -0.244. The van der Waals surface area contributed by atoms with Gasteiger partial charge < -0.3 is 18.9 Å². The van der Waals surface area contributed by atoms with Gasteiger partial charge in [0.15, 0.2) is 17.4 Å². The molecule has 1 aliphatic heterocycles. The Morgan fingerprint density at radius 2 is 1.83 bits per heavy atom. The van der Waals surface area contributed by atoms with E-state index < -0.39 is 17.6 Å². The Bertz CT molecular complexity index is 667. The van der Waals surface area contributed by atoms with Crippen LogP contribution in [0, 0.1) is 11.8 Å². The first kappa shape index (κ1) is 16.0. The van der Waals surface area contributed by atoms with E-state index in [4.69, 9.17) is 18.9 Å². The Morgan fingerprint density at radius 3 is 2.43 bits per heavy atom. The molecule has 1 aromatic rings. The molecule has 3 rings (SSSR count). The summed E-state index contributed by atoms with van der Waals surface area (Å²) < 4.78 is 21.5. The summed E-state index contributed by atoms with van der Waals surface area (Å²) >= 11 is 0. The highest BCUT2D eigenvalue weighted by Gasteiger charge is 2.50. The summed E-state index contributed by atoms with van der Waals surface area (Å²) in [5.74, 6) is -1.17. The highest BCUT2D eigenvalue weighted by molar-refractivity contribution is 6.17. The van der Waals surface area contributed by atoms with E-state index in [0.29, 0.717) is 29.0 Å². The fourth-order valence-corrected chi connectivity index (χ4v) is 3.36. The predicted molar refractivity (Wildman–Crippen MR) is 81.2 cm³/mol. The number of carbonyl (C=O) groups excluding carboxylic acids is 2. The normalized spacial score (nSPS) is 29.7. The third kappa shape index (κ3) is 2.42. The number of rotatable bonds is 3. The van der Waals surface area contributed by atoms with Crippen molar-refractivity contribution in [2.45, 2.75) is 19.1 Å². The minimum atomic E-state index is -0.850. The summed E-state index contributed by atoms with van der Waals surface area (Å²) in [7, 11) is 4.52. The van der Waals surface area contributed by atoms with Crippen molar-refractivity contribution >= 4 is 11.6 Å². The van der Waals surface area contributed by atoms with Gasteiger partial charge in [-0.25, -0.2) is 0 Å². The van der Waals surface area contributed by atoms with Crippen LogP contribution in [0.25, 0.3) is 0 Å². The Balaban J connectivity index is 2.11. The summed E-state index contributed by atoms with van der Waals surface area (Å²) in [6.07, 6.45) is 0.345. The number of ether oxygens (including phenoxy) is 4. The van der Waals surface area contributed by atoms with Gasteiger partial charge in [0.05, 0.1) is 32.3 Å². The van der Waals surface area contributed by atoms with E-state index in [1.807, 2.05) is 0 Å². The van der Waals surface area contributed by atoms with Crippen LogP contribution < -0.4 is 9.47 Å². The monoisotopic (exact) mass is 320 g/mol. The molecule has 0 saturated carbocycles. The molecule has 3 atom stereocenters. The van der Waals surface area contributed by atoms with E-state index >= 15 is 0 Å². The molecule has 0 aromatic heterocycles. The minimum Gasteiger partial charge on any atom is -0.497 e. The zero-order valence-electron chi connectivity index (χ0n) is 13.7. The Labute approximate surface area is 134 Å². The van der Waals surface area contributed by atoms with Crippen LogP contribution in [0.4, 0.5) is 0 Å². The molecule has 6 heteroatoms. The molecule has 23 heavy (non-hydrogen) atoms. The lowest BCUT2D eigenvalue weighted by atomic mass is 9.70. The van der Waals surface area contributed by atoms with Crippen molar-refractivity contribution in [3.8, 4) is 11.5 Å². The number of carbonyl (C=O) groups is 2. The maximum absolute atomic E-state index is 13.0. The van der Waals surface area contributed by atoms with Crippen LogP contribution in [0.2, 0.25) is 0 Å². The summed E-state index contributed by atoms with van der Waals surface area (Å²) in [5, 5.41) is 0. The molecule has 1 fully saturated rings. The lowest BCUT2D eigenvalue weighted by Gasteiger charge is -2.42. The van der Waals surface area contributed by atoms with Gasteiger partial charge in [-0.15, -0.1) is 0 Å². The minimum absolute atomic E-state index is 0.0895. The van der Waals surface area contributed by atoms with Crippen molar-refractivity contribution in [1.29, 1.82) is 0 Å². The van der Waals surface area contributed by atoms with Crippen LogP contribution in [0.1, 0.15) is 34.1 Å². The molecule has 0 amide bonds. The quantitative estimate of drug-likeness (QED) is 0.849. The molecule has 2 aliphatic rings.